The highest BCUT2D eigenvalue weighted by Crippen LogP contribution is 2.28. The molecule has 0 spiro atoms. The van der Waals surface area contributed by atoms with Crippen molar-refractivity contribution < 1.29 is 29.0 Å². The van der Waals surface area contributed by atoms with E-state index in [2.05, 4.69) is 15.6 Å². The van der Waals surface area contributed by atoms with Crippen LogP contribution in [0.25, 0.3) is 10.4 Å². The van der Waals surface area contributed by atoms with Gasteiger partial charge in [-0.1, -0.05) is 69.3 Å². The second-order valence-electron chi connectivity index (χ2n) is 15.2. The zero-order valence-electron chi connectivity index (χ0n) is 31.6. The van der Waals surface area contributed by atoms with Gasteiger partial charge in [-0.15, -0.1) is 11.3 Å². The lowest BCUT2D eigenvalue weighted by Crippen LogP contribution is -2.57. The van der Waals surface area contributed by atoms with Gasteiger partial charge in [-0.2, -0.15) is 0 Å². The number of aryl methyl sites for hydroxylation is 2. The molecule has 3 aromatic rings. The van der Waals surface area contributed by atoms with Crippen molar-refractivity contribution in [3.63, 3.8) is 0 Å². The second-order valence-corrected chi connectivity index (χ2v) is 16.0. The molecule has 1 saturated heterocycles. The van der Waals surface area contributed by atoms with Gasteiger partial charge in [0.2, 0.25) is 23.6 Å². The van der Waals surface area contributed by atoms with Gasteiger partial charge in [0.25, 0.3) is 0 Å². The third-order valence-electron chi connectivity index (χ3n) is 9.69. The zero-order valence-corrected chi connectivity index (χ0v) is 32.4. The number of carbonyl (C=O) groups excluding carboxylic acids is 4. The van der Waals surface area contributed by atoms with Gasteiger partial charge in [0.1, 0.15) is 12.1 Å². The number of nitrogens with one attached hydrogen (secondary N) is 2. The van der Waals surface area contributed by atoms with Crippen molar-refractivity contribution in [3.05, 3.63) is 76.4 Å². The number of likely N-dealkylation sites (tertiary alicyclic amines) is 1. The van der Waals surface area contributed by atoms with Crippen LogP contribution >= 0.6 is 11.3 Å². The standard InChI is InChI=1S/C40H56N6O6S/c1-25-36(53-24-44-25)30-16-14-28(15-17-30)21-43-38(50)33-20-31(47)22-46(33)39(51)37(40(3,4)5)45-35(49)9-7-6-8-27-10-12-29(13-11-27)23-52-26(2)32(41)18-19-34(42)48/h10-17,24,26,31-33,37,47H,6-9,18-23,41H2,1-5H3,(H2,42,48)(H,43,50)(H,45,49)/t26-,31-,32+,33+,37-/m1/s1. The number of thiazole rings is 1. The predicted molar refractivity (Wildman–Crippen MR) is 206 cm³/mol. The van der Waals surface area contributed by atoms with Crippen LogP contribution in [0.2, 0.25) is 0 Å². The first kappa shape index (κ1) is 41.6. The molecular weight excluding hydrogens is 693 g/mol. The molecule has 53 heavy (non-hydrogen) atoms. The fraction of sp³-hybridized carbons (Fsp3) is 0.525. The van der Waals surface area contributed by atoms with Crippen LogP contribution < -0.4 is 22.1 Å². The minimum Gasteiger partial charge on any atom is -0.391 e. The number of aliphatic hydroxyl groups is 1. The summed E-state index contributed by atoms with van der Waals surface area (Å²) in [4.78, 5) is 58.3. The molecule has 1 fully saturated rings. The number of carbonyl (C=O) groups is 4. The Morgan fingerprint density at radius 2 is 1.68 bits per heavy atom. The highest BCUT2D eigenvalue weighted by molar-refractivity contribution is 7.13. The first-order valence-corrected chi connectivity index (χ1v) is 19.3. The molecule has 1 aromatic heterocycles. The summed E-state index contributed by atoms with van der Waals surface area (Å²) in [6.07, 6.45) is 2.28. The van der Waals surface area contributed by atoms with Crippen molar-refractivity contribution in [2.24, 2.45) is 16.9 Å². The largest absolute Gasteiger partial charge is 0.391 e. The smallest absolute Gasteiger partial charge is 0.246 e. The van der Waals surface area contributed by atoms with Crippen LogP contribution in [0.1, 0.15) is 88.6 Å². The Balaban J connectivity index is 1.23. The third kappa shape index (κ3) is 12.4. The number of unbranched alkanes of at least 4 members (excludes halogenated alkanes) is 1. The number of ether oxygens (including phenoxy) is 1. The lowest BCUT2D eigenvalue weighted by molar-refractivity contribution is -0.144. The van der Waals surface area contributed by atoms with Gasteiger partial charge in [-0.25, -0.2) is 4.98 Å². The highest BCUT2D eigenvalue weighted by Gasteiger charge is 2.44. The number of aliphatic hydroxyl groups excluding tert-OH is 1. The van der Waals surface area contributed by atoms with E-state index in [1.54, 1.807) is 11.3 Å². The van der Waals surface area contributed by atoms with E-state index in [1.807, 2.05) is 88.7 Å². The van der Waals surface area contributed by atoms with Crippen LogP contribution in [0.4, 0.5) is 0 Å². The number of benzene rings is 2. The van der Waals surface area contributed by atoms with Gasteiger partial charge in [0.05, 0.1) is 34.9 Å². The molecule has 7 N–H and O–H groups in total. The molecule has 12 nitrogen and oxygen atoms in total. The first-order valence-electron chi connectivity index (χ1n) is 18.4. The Kier molecular flexibility index (Phi) is 15.1. The van der Waals surface area contributed by atoms with Gasteiger partial charge in [0.15, 0.2) is 0 Å². The molecule has 4 rings (SSSR count). The predicted octanol–water partition coefficient (Wildman–Crippen LogP) is 4.14. The van der Waals surface area contributed by atoms with Gasteiger partial charge >= 0.3 is 0 Å². The summed E-state index contributed by atoms with van der Waals surface area (Å²) < 4.78 is 5.88. The fourth-order valence-electron chi connectivity index (χ4n) is 6.33. The molecule has 0 aliphatic carbocycles. The summed E-state index contributed by atoms with van der Waals surface area (Å²) in [5.41, 5.74) is 17.6. The number of amides is 4. The fourth-order valence-corrected chi connectivity index (χ4v) is 7.14. The molecule has 0 unspecified atom stereocenters. The first-order chi connectivity index (χ1) is 25.1. The maximum absolute atomic E-state index is 13.9. The molecule has 0 saturated carbocycles. The summed E-state index contributed by atoms with van der Waals surface area (Å²) in [7, 11) is 0. The van der Waals surface area contributed by atoms with E-state index in [0.717, 1.165) is 45.7 Å². The van der Waals surface area contributed by atoms with Gasteiger partial charge in [0, 0.05) is 38.4 Å². The molecule has 2 aromatic carbocycles. The Hall–Kier alpha value is -4.17. The third-order valence-corrected chi connectivity index (χ3v) is 10.7. The summed E-state index contributed by atoms with van der Waals surface area (Å²) >= 11 is 1.58. The molecule has 13 heteroatoms. The van der Waals surface area contributed by atoms with Crippen molar-refractivity contribution in [2.45, 2.75) is 123 Å². The number of hydrogen-bond acceptors (Lipinski definition) is 9. The van der Waals surface area contributed by atoms with E-state index in [1.165, 1.54) is 4.90 Å². The zero-order chi connectivity index (χ0) is 38.7. The van der Waals surface area contributed by atoms with Crippen LogP contribution in [0.3, 0.4) is 0 Å². The highest BCUT2D eigenvalue weighted by atomic mass is 32.1. The van der Waals surface area contributed by atoms with E-state index in [9.17, 15) is 24.3 Å². The van der Waals surface area contributed by atoms with E-state index in [0.29, 0.717) is 19.4 Å². The van der Waals surface area contributed by atoms with Gasteiger partial charge < -0.3 is 36.8 Å². The average Bonchev–Trinajstić information content (AvgIpc) is 3.74. The van der Waals surface area contributed by atoms with E-state index >= 15 is 0 Å². The molecule has 4 amide bonds. The SMILES string of the molecule is Cc1ncsc1-c1ccc(CNC(=O)[C@@H]2C[C@@H](O)CN2C(=O)[C@@H](NC(=O)CCCCc2ccc(CO[C@H](C)[C@@H](N)CCC(N)=O)cc2)C(C)(C)C)cc1. The summed E-state index contributed by atoms with van der Waals surface area (Å²) in [6.45, 7) is 10.2. The van der Waals surface area contributed by atoms with Crippen LogP contribution in [0.15, 0.2) is 54.0 Å². The molecule has 1 aliphatic heterocycles. The second kappa shape index (κ2) is 19.2. The average molecular weight is 749 g/mol. The summed E-state index contributed by atoms with van der Waals surface area (Å²) in [5, 5.41) is 16.4. The molecular formula is C40H56N6O6S. The number of β-amino-alcohol motifs (C(OH)–C–C–N with tert-alkyl or cyclic N) is 1. The van der Waals surface area contributed by atoms with Crippen molar-refractivity contribution in [1.82, 2.24) is 20.5 Å². The number of hydrogen-bond donors (Lipinski definition) is 5. The number of rotatable bonds is 18. The van der Waals surface area contributed by atoms with Crippen LogP contribution in [0.5, 0.6) is 0 Å². The molecule has 0 bridgehead atoms. The number of aromatic nitrogens is 1. The Bertz CT molecular complexity index is 1670. The quantitative estimate of drug-likeness (QED) is 0.120. The topological polar surface area (TPSA) is 190 Å². The normalized spacial score (nSPS) is 17.6. The Morgan fingerprint density at radius 1 is 1.02 bits per heavy atom. The maximum Gasteiger partial charge on any atom is 0.246 e. The lowest BCUT2D eigenvalue weighted by Gasteiger charge is -2.35. The summed E-state index contributed by atoms with van der Waals surface area (Å²) in [5.74, 6) is -1.32. The molecule has 1 aliphatic rings. The number of nitrogens with zero attached hydrogens (tertiary/aromatic N) is 2. The van der Waals surface area contributed by atoms with Gasteiger partial charge in [-0.3, -0.25) is 19.2 Å². The van der Waals surface area contributed by atoms with E-state index < -0.39 is 23.6 Å². The minimum atomic E-state index is -0.867. The van der Waals surface area contributed by atoms with Crippen LogP contribution in [-0.4, -0.2) is 75.5 Å². The van der Waals surface area contributed by atoms with Crippen molar-refractivity contribution in [2.75, 3.05) is 6.54 Å². The van der Waals surface area contributed by atoms with Crippen LogP contribution in [0, 0.1) is 12.3 Å². The molecule has 288 valence electrons. The molecule has 5 atom stereocenters. The minimum absolute atomic E-state index is 0.0245. The monoisotopic (exact) mass is 748 g/mol. The van der Waals surface area contributed by atoms with E-state index in [4.69, 9.17) is 16.2 Å². The molecule has 0 radical (unpaired) electrons. The maximum atomic E-state index is 13.9. The Labute approximate surface area is 317 Å². The summed E-state index contributed by atoms with van der Waals surface area (Å²) in [6, 6.07) is 14.0. The number of nitrogens with two attached hydrogens (primary N) is 2. The van der Waals surface area contributed by atoms with Crippen LogP contribution in [-0.2, 0) is 43.5 Å². The molecule has 2 heterocycles. The van der Waals surface area contributed by atoms with Crippen molar-refractivity contribution >= 4 is 35.0 Å². The Morgan fingerprint density at radius 3 is 2.30 bits per heavy atom. The number of primary amides is 1. The van der Waals surface area contributed by atoms with Gasteiger partial charge in [-0.05, 0) is 67.2 Å². The van der Waals surface area contributed by atoms with Crippen molar-refractivity contribution in [3.8, 4) is 10.4 Å². The van der Waals surface area contributed by atoms with Crippen molar-refractivity contribution in [1.29, 1.82) is 0 Å². The lowest BCUT2D eigenvalue weighted by atomic mass is 9.85. The van der Waals surface area contributed by atoms with E-state index in [-0.39, 0.29) is 68.1 Å².